The van der Waals surface area contributed by atoms with Crippen LogP contribution < -0.4 is 5.73 Å². The van der Waals surface area contributed by atoms with Crippen LogP contribution in [-0.2, 0) is 5.88 Å². The van der Waals surface area contributed by atoms with Crippen molar-refractivity contribution in [2.75, 3.05) is 5.73 Å². The van der Waals surface area contributed by atoms with Gasteiger partial charge in [0.1, 0.15) is 0 Å². The monoisotopic (exact) mass is 226 g/mol. The summed E-state index contributed by atoms with van der Waals surface area (Å²) in [6.07, 6.45) is -1.65. The second kappa shape index (κ2) is 4.07. The van der Waals surface area contributed by atoms with E-state index in [9.17, 15) is 8.78 Å². The highest BCUT2D eigenvalue weighted by Gasteiger charge is 2.17. The fourth-order valence-electron chi connectivity index (χ4n) is 0.891. The summed E-state index contributed by atoms with van der Waals surface area (Å²) in [7, 11) is 0. The minimum Gasteiger partial charge on any atom is -0.396 e. The quantitative estimate of drug-likeness (QED) is 0.622. The molecule has 0 saturated heterocycles. The van der Waals surface area contributed by atoms with Crippen LogP contribution in [0.4, 0.5) is 14.5 Å². The van der Waals surface area contributed by atoms with Gasteiger partial charge >= 0.3 is 0 Å². The summed E-state index contributed by atoms with van der Waals surface area (Å²) in [4.78, 5) is 3.51. The molecule has 1 aromatic rings. The number of nitrogens with zero attached hydrogens (tertiary/aromatic N) is 1. The number of nitrogens with two attached hydrogens (primary N) is 1. The van der Waals surface area contributed by atoms with Gasteiger partial charge < -0.3 is 5.73 Å². The van der Waals surface area contributed by atoms with Crippen molar-refractivity contribution in [3.8, 4) is 0 Å². The van der Waals surface area contributed by atoms with Gasteiger partial charge in [-0.3, -0.25) is 0 Å². The molecule has 0 amide bonds. The lowest BCUT2D eigenvalue weighted by molar-refractivity contribution is 0.150. The van der Waals surface area contributed by atoms with Gasteiger partial charge in [-0.05, 0) is 0 Å². The molecule has 0 saturated carbocycles. The highest BCUT2D eigenvalue weighted by Crippen LogP contribution is 2.30. The van der Waals surface area contributed by atoms with E-state index in [-0.39, 0.29) is 27.8 Å². The van der Waals surface area contributed by atoms with Crippen LogP contribution >= 0.6 is 23.2 Å². The smallest absolute Gasteiger partial charge is 0.265 e. The summed E-state index contributed by atoms with van der Waals surface area (Å²) in [6.45, 7) is 0. The van der Waals surface area contributed by atoms with E-state index in [0.29, 0.717) is 0 Å². The third-order valence-corrected chi connectivity index (χ3v) is 2.15. The largest absolute Gasteiger partial charge is 0.396 e. The Kier molecular flexibility index (Phi) is 3.27. The standard InChI is InChI=1S/C7H6Cl2F2N2/c8-1-3-4(7(10)11)2-13-6(9)5(3)12/h2,7H,1,12H2. The van der Waals surface area contributed by atoms with E-state index in [1.165, 1.54) is 0 Å². The summed E-state index contributed by atoms with van der Waals surface area (Å²) >= 11 is 11.0. The Hall–Kier alpha value is -0.610. The van der Waals surface area contributed by atoms with Crippen molar-refractivity contribution >= 4 is 28.9 Å². The van der Waals surface area contributed by atoms with Crippen LogP contribution in [0.1, 0.15) is 17.6 Å². The Bertz CT molecular complexity index is 318. The van der Waals surface area contributed by atoms with E-state index in [1.54, 1.807) is 0 Å². The minimum absolute atomic E-state index is 0.0000463. The zero-order valence-electron chi connectivity index (χ0n) is 6.40. The van der Waals surface area contributed by atoms with Crippen LogP contribution in [0.5, 0.6) is 0 Å². The molecule has 0 fully saturated rings. The lowest BCUT2D eigenvalue weighted by Gasteiger charge is -2.09. The predicted molar refractivity (Wildman–Crippen MR) is 48.2 cm³/mol. The number of anilines is 1. The molecule has 0 aliphatic carbocycles. The average molecular weight is 227 g/mol. The number of hydrogen-bond acceptors (Lipinski definition) is 2. The van der Waals surface area contributed by atoms with Crippen LogP contribution in [0.15, 0.2) is 6.20 Å². The van der Waals surface area contributed by atoms with Crippen molar-refractivity contribution in [3.63, 3.8) is 0 Å². The summed E-state index contributed by atoms with van der Waals surface area (Å²) in [5, 5.41) is 0.0000463. The predicted octanol–water partition coefficient (Wildman–Crippen LogP) is 2.99. The van der Waals surface area contributed by atoms with Gasteiger partial charge in [0.15, 0.2) is 5.15 Å². The molecule has 0 spiro atoms. The highest BCUT2D eigenvalue weighted by atomic mass is 35.5. The number of hydrogen-bond donors (Lipinski definition) is 1. The molecule has 0 aromatic carbocycles. The minimum atomic E-state index is -2.64. The zero-order valence-corrected chi connectivity index (χ0v) is 7.91. The van der Waals surface area contributed by atoms with Crippen molar-refractivity contribution in [3.05, 3.63) is 22.5 Å². The second-order valence-electron chi connectivity index (χ2n) is 2.33. The third kappa shape index (κ3) is 2.00. The van der Waals surface area contributed by atoms with Gasteiger partial charge in [-0.15, -0.1) is 11.6 Å². The molecular formula is C7H6Cl2F2N2. The van der Waals surface area contributed by atoms with Gasteiger partial charge in [0.25, 0.3) is 6.43 Å². The van der Waals surface area contributed by atoms with Crippen molar-refractivity contribution in [1.29, 1.82) is 0 Å². The fraction of sp³-hybridized carbons (Fsp3) is 0.286. The molecule has 0 atom stereocenters. The van der Waals surface area contributed by atoms with Gasteiger partial charge in [-0.25, -0.2) is 13.8 Å². The Morgan fingerprint density at radius 3 is 2.62 bits per heavy atom. The van der Waals surface area contributed by atoms with Crippen LogP contribution in [0.3, 0.4) is 0 Å². The fourth-order valence-corrected chi connectivity index (χ4v) is 1.35. The van der Waals surface area contributed by atoms with Crippen molar-refractivity contribution in [1.82, 2.24) is 4.98 Å². The van der Waals surface area contributed by atoms with E-state index in [0.717, 1.165) is 6.20 Å². The Morgan fingerprint density at radius 1 is 1.54 bits per heavy atom. The normalized spacial score (nSPS) is 10.8. The van der Waals surface area contributed by atoms with E-state index in [4.69, 9.17) is 28.9 Å². The first-order valence-electron chi connectivity index (χ1n) is 3.34. The molecule has 6 heteroatoms. The lowest BCUT2D eigenvalue weighted by atomic mass is 10.1. The first-order chi connectivity index (χ1) is 6.07. The molecule has 1 rings (SSSR count). The molecule has 0 aliphatic rings. The van der Waals surface area contributed by atoms with Crippen LogP contribution in [0.25, 0.3) is 0 Å². The Labute approximate surface area is 83.7 Å². The van der Waals surface area contributed by atoms with Crippen LogP contribution in [0, 0.1) is 0 Å². The molecule has 0 bridgehead atoms. The first kappa shape index (κ1) is 10.5. The second-order valence-corrected chi connectivity index (χ2v) is 2.96. The molecule has 1 aromatic heterocycles. The highest BCUT2D eigenvalue weighted by molar-refractivity contribution is 6.32. The van der Waals surface area contributed by atoms with E-state index < -0.39 is 6.43 Å². The lowest BCUT2D eigenvalue weighted by Crippen LogP contribution is -2.01. The molecular weight excluding hydrogens is 221 g/mol. The van der Waals surface area contributed by atoms with Crippen molar-refractivity contribution in [2.24, 2.45) is 0 Å². The van der Waals surface area contributed by atoms with Gasteiger partial charge in [0.2, 0.25) is 0 Å². The molecule has 2 nitrogen and oxygen atoms in total. The number of pyridine rings is 1. The van der Waals surface area contributed by atoms with Gasteiger partial charge in [-0.2, -0.15) is 0 Å². The summed E-state index contributed by atoms with van der Waals surface area (Å²) in [5.74, 6) is -0.103. The number of rotatable bonds is 2. The first-order valence-corrected chi connectivity index (χ1v) is 4.26. The Morgan fingerprint density at radius 2 is 2.15 bits per heavy atom. The maximum atomic E-state index is 12.3. The number of aromatic nitrogens is 1. The molecule has 1 heterocycles. The molecule has 2 N–H and O–H groups in total. The molecule has 0 aliphatic heterocycles. The summed E-state index contributed by atoms with van der Waals surface area (Å²) in [6, 6.07) is 0. The van der Waals surface area contributed by atoms with E-state index >= 15 is 0 Å². The van der Waals surface area contributed by atoms with Crippen molar-refractivity contribution < 1.29 is 8.78 Å². The molecule has 72 valence electrons. The number of alkyl halides is 3. The summed E-state index contributed by atoms with van der Waals surface area (Å²) in [5.41, 5.74) is 5.33. The van der Waals surface area contributed by atoms with Gasteiger partial charge in [0, 0.05) is 17.3 Å². The molecule has 13 heavy (non-hydrogen) atoms. The zero-order chi connectivity index (χ0) is 10.0. The van der Waals surface area contributed by atoms with Gasteiger partial charge in [-0.1, -0.05) is 11.6 Å². The maximum absolute atomic E-state index is 12.3. The maximum Gasteiger partial charge on any atom is 0.265 e. The third-order valence-electron chi connectivity index (χ3n) is 1.58. The number of nitrogen functional groups attached to an aromatic ring is 1. The molecule has 0 radical (unpaired) electrons. The summed E-state index contributed by atoms with van der Waals surface area (Å²) < 4.78 is 24.7. The average Bonchev–Trinajstić information content (AvgIpc) is 2.09. The van der Waals surface area contributed by atoms with Crippen LogP contribution in [0.2, 0.25) is 5.15 Å². The van der Waals surface area contributed by atoms with E-state index in [2.05, 4.69) is 4.98 Å². The van der Waals surface area contributed by atoms with E-state index in [1.807, 2.05) is 0 Å². The van der Waals surface area contributed by atoms with Crippen molar-refractivity contribution in [2.45, 2.75) is 12.3 Å². The topological polar surface area (TPSA) is 38.9 Å². The Balaban J connectivity index is 3.30. The number of halogens is 4. The van der Waals surface area contributed by atoms with Crippen LogP contribution in [-0.4, -0.2) is 4.98 Å². The SMILES string of the molecule is Nc1c(Cl)ncc(C(F)F)c1CCl. The molecule has 0 unspecified atom stereocenters. The van der Waals surface area contributed by atoms with Gasteiger partial charge in [0.05, 0.1) is 11.6 Å².